The molecule has 0 atom stereocenters. The Morgan fingerprint density at radius 2 is 1.48 bits per heavy atom. The van der Waals surface area contributed by atoms with Crippen LogP contribution in [0.25, 0.3) is 0 Å². The van der Waals surface area contributed by atoms with E-state index in [2.05, 4.69) is 37.9 Å². The smallest absolute Gasteiger partial charge is 0.173 e. The monoisotopic (exact) mass is 383 g/mol. The fourth-order valence-corrected chi connectivity index (χ4v) is 2.90. The molecule has 144 valence electrons. The molecule has 7 nitrogen and oxygen atoms in total. The van der Waals surface area contributed by atoms with Gasteiger partial charge >= 0.3 is 0 Å². The maximum Gasteiger partial charge on any atom is 0.173 e. The van der Waals surface area contributed by atoms with Gasteiger partial charge in [-0.25, -0.2) is 15.0 Å². The molecule has 4 rings (SSSR count). The third-order valence-electron chi connectivity index (χ3n) is 4.33. The molecule has 0 aliphatic heterocycles. The van der Waals surface area contributed by atoms with Crippen LogP contribution in [-0.4, -0.2) is 15.0 Å². The minimum atomic E-state index is 0.428. The molecule has 0 saturated heterocycles. The number of rotatable bonds is 7. The molecule has 4 aromatic rings. The Morgan fingerprint density at radius 3 is 2.21 bits per heavy atom. The lowest BCUT2D eigenvalue weighted by Gasteiger charge is -2.25. The lowest BCUT2D eigenvalue weighted by molar-refractivity contribution is 0.918. The van der Waals surface area contributed by atoms with Gasteiger partial charge in [-0.05, 0) is 29.8 Å². The SMILES string of the molecule is Nc1c(NNc2ccccc2)ncnc1N(Cc1ccccc1)c1ccccn1. The van der Waals surface area contributed by atoms with E-state index in [1.54, 1.807) is 6.20 Å². The second-order valence-corrected chi connectivity index (χ2v) is 6.34. The van der Waals surface area contributed by atoms with E-state index in [1.165, 1.54) is 6.33 Å². The molecule has 0 saturated carbocycles. The standard InChI is InChI=1S/C22H21N7/c23-20-21(28-27-18-11-5-2-6-12-18)25-16-26-22(20)29(19-13-7-8-14-24-19)15-17-9-3-1-4-10-17/h1-14,16,27H,15,23H2,(H,25,26,28). The van der Waals surface area contributed by atoms with Gasteiger partial charge in [-0.3, -0.25) is 10.9 Å². The highest BCUT2D eigenvalue weighted by Crippen LogP contribution is 2.32. The van der Waals surface area contributed by atoms with Crippen molar-refractivity contribution < 1.29 is 0 Å². The van der Waals surface area contributed by atoms with Crippen LogP contribution in [0.5, 0.6) is 0 Å². The van der Waals surface area contributed by atoms with Gasteiger partial charge in [0.05, 0.1) is 12.2 Å². The maximum absolute atomic E-state index is 6.44. The Bertz CT molecular complexity index is 1040. The lowest BCUT2D eigenvalue weighted by atomic mass is 10.2. The highest BCUT2D eigenvalue weighted by Gasteiger charge is 2.18. The summed E-state index contributed by atoms with van der Waals surface area (Å²) in [6.07, 6.45) is 3.24. The molecule has 4 N–H and O–H groups in total. The van der Waals surface area contributed by atoms with Crippen molar-refractivity contribution in [1.29, 1.82) is 0 Å². The van der Waals surface area contributed by atoms with Crippen molar-refractivity contribution in [3.8, 4) is 0 Å². The van der Waals surface area contributed by atoms with Crippen molar-refractivity contribution in [1.82, 2.24) is 15.0 Å². The first-order valence-corrected chi connectivity index (χ1v) is 9.21. The van der Waals surface area contributed by atoms with Gasteiger partial charge in [0, 0.05) is 6.20 Å². The topological polar surface area (TPSA) is 92.0 Å². The van der Waals surface area contributed by atoms with Crippen molar-refractivity contribution in [3.05, 3.63) is 97.0 Å². The number of para-hydroxylation sites is 1. The van der Waals surface area contributed by atoms with E-state index >= 15 is 0 Å². The summed E-state index contributed by atoms with van der Waals surface area (Å²) in [6, 6.07) is 25.6. The van der Waals surface area contributed by atoms with E-state index in [0.717, 1.165) is 17.1 Å². The predicted octanol–water partition coefficient (Wildman–Crippen LogP) is 4.23. The number of aromatic nitrogens is 3. The van der Waals surface area contributed by atoms with Crippen molar-refractivity contribution >= 4 is 28.8 Å². The number of nitrogen functional groups attached to an aromatic ring is 1. The minimum Gasteiger partial charge on any atom is -0.393 e. The molecule has 0 radical (unpaired) electrons. The van der Waals surface area contributed by atoms with Gasteiger partial charge in [0.15, 0.2) is 11.6 Å². The van der Waals surface area contributed by atoms with Crippen LogP contribution in [0.1, 0.15) is 5.56 Å². The number of nitrogens with two attached hydrogens (primary N) is 1. The van der Waals surface area contributed by atoms with Crippen molar-refractivity contribution in [2.45, 2.75) is 6.54 Å². The molecule has 0 fully saturated rings. The fraction of sp³-hybridized carbons (Fsp3) is 0.0455. The van der Waals surface area contributed by atoms with E-state index in [-0.39, 0.29) is 0 Å². The second-order valence-electron chi connectivity index (χ2n) is 6.34. The van der Waals surface area contributed by atoms with E-state index in [4.69, 9.17) is 5.73 Å². The zero-order valence-electron chi connectivity index (χ0n) is 15.7. The van der Waals surface area contributed by atoms with Crippen LogP contribution in [0.2, 0.25) is 0 Å². The zero-order chi connectivity index (χ0) is 19.9. The summed E-state index contributed by atoms with van der Waals surface area (Å²) in [5, 5.41) is 0. The number of benzene rings is 2. The fourth-order valence-electron chi connectivity index (χ4n) is 2.90. The number of hydrogen-bond donors (Lipinski definition) is 3. The van der Waals surface area contributed by atoms with E-state index in [1.807, 2.05) is 71.6 Å². The molecule has 2 aromatic heterocycles. The first kappa shape index (κ1) is 18.2. The first-order chi connectivity index (χ1) is 14.3. The van der Waals surface area contributed by atoms with Gasteiger partial charge in [-0.15, -0.1) is 0 Å². The van der Waals surface area contributed by atoms with Gasteiger partial charge in [0.1, 0.15) is 17.8 Å². The molecular formula is C22H21N7. The van der Waals surface area contributed by atoms with Crippen molar-refractivity contribution in [2.24, 2.45) is 0 Å². The maximum atomic E-state index is 6.44. The van der Waals surface area contributed by atoms with Crippen molar-refractivity contribution in [3.63, 3.8) is 0 Å². The summed E-state index contributed by atoms with van der Waals surface area (Å²) in [5.74, 6) is 1.83. The average Bonchev–Trinajstić information content (AvgIpc) is 2.79. The molecule has 2 heterocycles. The normalized spacial score (nSPS) is 10.3. The number of hydrogen-bond acceptors (Lipinski definition) is 7. The van der Waals surface area contributed by atoms with Crippen LogP contribution in [0, 0.1) is 0 Å². The third kappa shape index (κ3) is 4.41. The van der Waals surface area contributed by atoms with Crippen LogP contribution in [-0.2, 0) is 6.54 Å². The van der Waals surface area contributed by atoms with Gasteiger partial charge in [-0.2, -0.15) is 0 Å². The Balaban J connectivity index is 1.65. The van der Waals surface area contributed by atoms with Crippen molar-refractivity contribution in [2.75, 3.05) is 21.5 Å². The lowest BCUT2D eigenvalue weighted by Crippen LogP contribution is -2.22. The predicted molar refractivity (Wildman–Crippen MR) is 117 cm³/mol. The molecule has 0 bridgehead atoms. The van der Waals surface area contributed by atoms with Gasteiger partial charge < -0.3 is 10.6 Å². The highest BCUT2D eigenvalue weighted by molar-refractivity contribution is 5.79. The molecule has 0 unspecified atom stereocenters. The van der Waals surface area contributed by atoms with Gasteiger partial charge in [0.25, 0.3) is 0 Å². The van der Waals surface area contributed by atoms with Gasteiger partial charge in [0.2, 0.25) is 0 Å². The Labute approximate surface area is 169 Å². The molecule has 0 aliphatic rings. The zero-order valence-corrected chi connectivity index (χ0v) is 15.7. The summed E-state index contributed by atoms with van der Waals surface area (Å²) in [6.45, 7) is 0.574. The molecule has 0 amide bonds. The van der Waals surface area contributed by atoms with Crippen LogP contribution in [0.4, 0.5) is 28.8 Å². The summed E-state index contributed by atoms with van der Waals surface area (Å²) in [5.41, 5.74) is 15.1. The highest BCUT2D eigenvalue weighted by atomic mass is 15.4. The molecule has 0 spiro atoms. The summed E-state index contributed by atoms with van der Waals surface area (Å²) >= 11 is 0. The summed E-state index contributed by atoms with van der Waals surface area (Å²) in [7, 11) is 0. The molecule has 29 heavy (non-hydrogen) atoms. The average molecular weight is 383 g/mol. The van der Waals surface area contributed by atoms with Gasteiger partial charge in [-0.1, -0.05) is 54.6 Å². The first-order valence-electron chi connectivity index (χ1n) is 9.21. The third-order valence-corrected chi connectivity index (χ3v) is 4.33. The van der Waals surface area contributed by atoms with E-state index in [0.29, 0.717) is 23.9 Å². The second kappa shape index (κ2) is 8.71. The van der Waals surface area contributed by atoms with Crippen LogP contribution in [0.15, 0.2) is 91.4 Å². The Morgan fingerprint density at radius 1 is 0.759 bits per heavy atom. The van der Waals surface area contributed by atoms with Crippen LogP contribution < -0.4 is 21.5 Å². The number of nitrogens with one attached hydrogen (secondary N) is 2. The number of anilines is 5. The van der Waals surface area contributed by atoms with Crippen LogP contribution >= 0.6 is 0 Å². The Kier molecular flexibility index (Phi) is 5.48. The summed E-state index contributed by atoms with van der Waals surface area (Å²) in [4.78, 5) is 15.2. The molecular weight excluding hydrogens is 362 g/mol. The quantitative estimate of drug-likeness (QED) is 0.411. The Hall–Kier alpha value is -4.13. The summed E-state index contributed by atoms with van der Waals surface area (Å²) < 4.78 is 0. The number of nitrogens with zero attached hydrogens (tertiary/aromatic N) is 4. The largest absolute Gasteiger partial charge is 0.393 e. The molecule has 0 aliphatic carbocycles. The minimum absolute atomic E-state index is 0.428. The number of hydrazine groups is 1. The van der Waals surface area contributed by atoms with E-state index in [9.17, 15) is 0 Å². The van der Waals surface area contributed by atoms with Crippen LogP contribution in [0.3, 0.4) is 0 Å². The van der Waals surface area contributed by atoms with E-state index < -0.39 is 0 Å². The number of pyridine rings is 1. The molecule has 7 heteroatoms. The molecule has 2 aromatic carbocycles.